The number of hydrogen-bond donors (Lipinski definition) is 0. The number of carbonyl (C=O) groups is 1. The molecule has 7 nitrogen and oxygen atoms in total. The Bertz CT molecular complexity index is 800. The van der Waals surface area contributed by atoms with E-state index in [2.05, 4.69) is 10.1 Å². The Morgan fingerprint density at radius 1 is 1.29 bits per heavy atom. The van der Waals surface area contributed by atoms with Crippen molar-refractivity contribution in [3.63, 3.8) is 0 Å². The third-order valence-corrected chi connectivity index (χ3v) is 5.66. The summed E-state index contributed by atoms with van der Waals surface area (Å²) in [4.78, 5) is 19.4. The van der Waals surface area contributed by atoms with E-state index in [1.54, 1.807) is 13.2 Å². The van der Waals surface area contributed by atoms with Gasteiger partial charge in [0.25, 0.3) is 5.91 Å². The first-order valence-corrected chi connectivity index (χ1v) is 10.1. The van der Waals surface area contributed by atoms with Crippen LogP contribution in [-0.2, 0) is 11.2 Å². The first kappa shape index (κ1) is 18.9. The number of hydrogen-bond acceptors (Lipinski definition) is 6. The molecule has 0 radical (unpaired) electrons. The number of benzene rings is 1. The summed E-state index contributed by atoms with van der Waals surface area (Å²) < 4.78 is 16.2. The zero-order valence-electron chi connectivity index (χ0n) is 16.3. The van der Waals surface area contributed by atoms with Crippen molar-refractivity contribution in [2.24, 2.45) is 5.92 Å². The molecule has 2 aromatic rings. The molecule has 2 aliphatic heterocycles. The minimum Gasteiger partial charge on any atom is -0.497 e. The van der Waals surface area contributed by atoms with Gasteiger partial charge in [0.2, 0.25) is 5.89 Å². The average molecular weight is 385 g/mol. The van der Waals surface area contributed by atoms with Crippen molar-refractivity contribution in [2.75, 3.05) is 33.4 Å². The van der Waals surface area contributed by atoms with E-state index in [9.17, 15) is 4.79 Å². The Morgan fingerprint density at radius 3 is 2.96 bits per heavy atom. The lowest BCUT2D eigenvalue weighted by Crippen LogP contribution is -2.40. The van der Waals surface area contributed by atoms with E-state index < -0.39 is 0 Å². The molecule has 1 atom stereocenters. The number of carbonyl (C=O) groups excluding carboxylic acids is 1. The van der Waals surface area contributed by atoms with Gasteiger partial charge in [-0.25, -0.2) is 0 Å². The number of amides is 1. The number of likely N-dealkylation sites (tertiary alicyclic amines) is 1. The topological polar surface area (TPSA) is 77.7 Å². The van der Waals surface area contributed by atoms with Gasteiger partial charge < -0.3 is 18.9 Å². The second-order valence-electron chi connectivity index (χ2n) is 7.63. The van der Waals surface area contributed by atoms with Crippen LogP contribution >= 0.6 is 0 Å². The third-order valence-electron chi connectivity index (χ3n) is 5.66. The molecular formula is C21H27N3O4. The molecule has 1 aromatic carbocycles. The molecule has 1 aromatic heterocycles. The third kappa shape index (κ3) is 4.35. The minimum absolute atomic E-state index is 0.0528. The van der Waals surface area contributed by atoms with Crippen molar-refractivity contribution in [2.45, 2.75) is 38.0 Å². The molecule has 150 valence electrons. The molecule has 28 heavy (non-hydrogen) atoms. The Hall–Kier alpha value is -2.41. The van der Waals surface area contributed by atoms with Crippen molar-refractivity contribution in [3.05, 3.63) is 41.5 Å². The highest BCUT2D eigenvalue weighted by Crippen LogP contribution is 2.26. The second-order valence-corrected chi connectivity index (χ2v) is 7.63. The smallest absolute Gasteiger partial charge is 0.253 e. The monoisotopic (exact) mass is 385 g/mol. The van der Waals surface area contributed by atoms with Crippen LogP contribution in [0.25, 0.3) is 0 Å². The largest absolute Gasteiger partial charge is 0.497 e. The fourth-order valence-corrected chi connectivity index (χ4v) is 4.07. The van der Waals surface area contributed by atoms with Gasteiger partial charge in [0.1, 0.15) is 5.75 Å². The Morgan fingerprint density at radius 2 is 2.14 bits per heavy atom. The standard InChI is InChI=1S/C21H27N3O4/c1-26-18-6-2-5-17(13-18)21(25)24-9-3-4-15(14-24)12-19-22-20(23-28-19)16-7-10-27-11-8-16/h2,5-6,13,15-16H,3-4,7-12,14H2,1H3. The lowest BCUT2D eigenvalue weighted by atomic mass is 9.94. The Balaban J connectivity index is 1.37. The van der Waals surface area contributed by atoms with Crippen LogP contribution in [0.2, 0.25) is 0 Å². The summed E-state index contributed by atoms with van der Waals surface area (Å²) in [5.41, 5.74) is 0.666. The van der Waals surface area contributed by atoms with E-state index in [1.165, 1.54) is 0 Å². The SMILES string of the molecule is COc1cccc(C(=O)N2CCCC(Cc3nc(C4CCOCC4)no3)C2)c1. The van der Waals surface area contributed by atoms with Gasteiger partial charge in [0.05, 0.1) is 7.11 Å². The van der Waals surface area contributed by atoms with Gasteiger partial charge in [0.15, 0.2) is 5.82 Å². The number of ether oxygens (including phenoxy) is 2. The highest BCUT2D eigenvalue weighted by molar-refractivity contribution is 5.94. The number of methoxy groups -OCH3 is 1. The lowest BCUT2D eigenvalue weighted by molar-refractivity contribution is 0.0667. The van der Waals surface area contributed by atoms with E-state index >= 15 is 0 Å². The van der Waals surface area contributed by atoms with Crippen LogP contribution in [0.1, 0.15) is 53.7 Å². The second kappa shape index (κ2) is 8.73. The van der Waals surface area contributed by atoms with E-state index in [-0.39, 0.29) is 5.91 Å². The maximum Gasteiger partial charge on any atom is 0.253 e. The molecule has 0 bridgehead atoms. The van der Waals surface area contributed by atoms with Crippen LogP contribution in [0.5, 0.6) is 5.75 Å². The van der Waals surface area contributed by atoms with Crippen molar-refractivity contribution in [3.8, 4) is 5.75 Å². The molecule has 2 saturated heterocycles. The number of nitrogens with zero attached hydrogens (tertiary/aromatic N) is 3. The molecule has 2 fully saturated rings. The summed E-state index contributed by atoms with van der Waals surface area (Å²) in [6, 6.07) is 7.34. The molecule has 0 aliphatic carbocycles. The summed E-state index contributed by atoms with van der Waals surface area (Å²) in [6.07, 6.45) is 4.67. The first-order chi connectivity index (χ1) is 13.7. The molecule has 0 saturated carbocycles. The fraction of sp³-hybridized carbons (Fsp3) is 0.571. The van der Waals surface area contributed by atoms with Gasteiger partial charge in [0, 0.05) is 44.2 Å². The molecule has 0 N–H and O–H groups in total. The van der Waals surface area contributed by atoms with E-state index in [1.807, 2.05) is 23.1 Å². The highest BCUT2D eigenvalue weighted by Gasteiger charge is 2.27. The quantitative estimate of drug-likeness (QED) is 0.787. The summed E-state index contributed by atoms with van der Waals surface area (Å²) in [5.74, 6) is 2.92. The molecule has 1 amide bonds. The van der Waals surface area contributed by atoms with Crippen molar-refractivity contribution in [1.82, 2.24) is 15.0 Å². The van der Waals surface area contributed by atoms with E-state index in [0.717, 1.165) is 57.7 Å². The zero-order chi connectivity index (χ0) is 19.3. The Labute approximate surface area is 165 Å². The van der Waals surface area contributed by atoms with Gasteiger partial charge in [-0.2, -0.15) is 4.98 Å². The van der Waals surface area contributed by atoms with E-state index in [0.29, 0.717) is 35.6 Å². The van der Waals surface area contributed by atoms with Crippen LogP contribution in [0, 0.1) is 5.92 Å². The number of rotatable bonds is 5. The minimum atomic E-state index is 0.0528. The zero-order valence-corrected chi connectivity index (χ0v) is 16.3. The normalized spacial score (nSPS) is 20.9. The average Bonchev–Trinajstić information content (AvgIpc) is 3.22. The van der Waals surface area contributed by atoms with Crippen LogP contribution < -0.4 is 4.74 Å². The lowest BCUT2D eigenvalue weighted by Gasteiger charge is -2.32. The maximum atomic E-state index is 12.9. The highest BCUT2D eigenvalue weighted by atomic mass is 16.5. The van der Waals surface area contributed by atoms with Gasteiger partial charge in [-0.05, 0) is 49.8 Å². The molecule has 0 spiro atoms. The molecule has 7 heteroatoms. The summed E-state index contributed by atoms with van der Waals surface area (Å²) in [6.45, 7) is 3.02. The van der Waals surface area contributed by atoms with Crippen LogP contribution in [-0.4, -0.2) is 54.4 Å². The predicted octanol–water partition coefficient (Wildman–Crippen LogP) is 3.07. The van der Waals surface area contributed by atoms with Crippen molar-refractivity contribution >= 4 is 5.91 Å². The molecule has 3 heterocycles. The Kier molecular flexibility index (Phi) is 5.90. The van der Waals surface area contributed by atoms with Gasteiger partial charge in [-0.1, -0.05) is 11.2 Å². The van der Waals surface area contributed by atoms with Gasteiger partial charge in [-0.15, -0.1) is 0 Å². The number of aromatic nitrogens is 2. The first-order valence-electron chi connectivity index (χ1n) is 10.1. The molecule has 4 rings (SSSR count). The van der Waals surface area contributed by atoms with E-state index in [4.69, 9.17) is 14.0 Å². The van der Waals surface area contributed by atoms with Crippen molar-refractivity contribution < 1.29 is 18.8 Å². The van der Waals surface area contributed by atoms with Crippen LogP contribution in [0.15, 0.2) is 28.8 Å². The molecule has 2 aliphatic rings. The van der Waals surface area contributed by atoms with Crippen LogP contribution in [0.4, 0.5) is 0 Å². The van der Waals surface area contributed by atoms with Gasteiger partial charge >= 0.3 is 0 Å². The van der Waals surface area contributed by atoms with Crippen LogP contribution in [0.3, 0.4) is 0 Å². The predicted molar refractivity (Wildman–Crippen MR) is 102 cm³/mol. The maximum absolute atomic E-state index is 12.9. The summed E-state index contributed by atoms with van der Waals surface area (Å²) >= 11 is 0. The number of piperidine rings is 1. The molecular weight excluding hydrogens is 358 g/mol. The van der Waals surface area contributed by atoms with Crippen molar-refractivity contribution in [1.29, 1.82) is 0 Å². The summed E-state index contributed by atoms with van der Waals surface area (Å²) in [7, 11) is 1.61. The molecule has 1 unspecified atom stereocenters. The fourth-order valence-electron chi connectivity index (χ4n) is 4.07. The summed E-state index contributed by atoms with van der Waals surface area (Å²) in [5, 5.41) is 4.19. The van der Waals surface area contributed by atoms with Gasteiger partial charge in [-0.3, -0.25) is 4.79 Å².